The summed E-state index contributed by atoms with van der Waals surface area (Å²) in [6, 6.07) is 12.3. The molecule has 0 bridgehead atoms. The Morgan fingerprint density at radius 2 is 1.80 bits per heavy atom. The van der Waals surface area contributed by atoms with Gasteiger partial charge < -0.3 is 4.90 Å². The van der Waals surface area contributed by atoms with Crippen LogP contribution in [0.5, 0.6) is 0 Å². The Morgan fingerprint density at radius 1 is 1.13 bits per heavy atom. The fourth-order valence-electron chi connectivity index (χ4n) is 4.07. The normalized spacial score (nSPS) is 16.8. The van der Waals surface area contributed by atoms with Gasteiger partial charge >= 0.3 is 6.18 Å². The zero-order valence-corrected chi connectivity index (χ0v) is 16.9. The molecular weight excluding hydrogens is 393 g/mol. The van der Waals surface area contributed by atoms with E-state index in [0.717, 1.165) is 16.1 Å². The number of aromatic nitrogens is 3. The Balaban J connectivity index is 1.49. The van der Waals surface area contributed by atoms with Crippen molar-refractivity contribution in [1.29, 1.82) is 0 Å². The Bertz CT molecular complexity index is 1050. The molecule has 1 atom stereocenters. The van der Waals surface area contributed by atoms with Gasteiger partial charge in [0.2, 0.25) is 5.91 Å². The molecule has 0 aliphatic carbocycles. The number of piperidine rings is 1. The molecule has 0 saturated carbocycles. The lowest BCUT2D eigenvalue weighted by molar-refractivity contribution is -0.142. The first kappa shape index (κ1) is 20.4. The minimum atomic E-state index is -4.50. The second-order valence-corrected chi connectivity index (χ2v) is 7.85. The number of hydrogen-bond acceptors (Lipinski definition) is 3. The van der Waals surface area contributed by atoms with Gasteiger partial charge in [-0.2, -0.15) is 18.3 Å². The molecule has 4 rings (SSSR count). The molecule has 1 saturated heterocycles. The predicted octanol–water partition coefficient (Wildman–Crippen LogP) is 4.57. The number of carbonyl (C=O) groups excluding carboxylic acids is 1. The van der Waals surface area contributed by atoms with Gasteiger partial charge in [-0.3, -0.25) is 4.79 Å². The van der Waals surface area contributed by atoms with Crippen LogP contribution in [0, 0.1) is 6.92 Å². The van der Waals surface area contributed by atoms with Crippen molar-refractivity contribution in [3.63, 3.8) is 0 Å². The number of aryl methyl sites for hydroxylation is 1. The molecule has 1 aliphatic rings. The number of alkyl halides is 3. The summed E-state index contributed by atoms with van der Waals surface area (Å²) in [6.07, 6.45) is -3.17. The first-order valence-electron chi connectivity index (χ1n) is 10.0. The maximum atomic E-state index is 13.4. The summed E-state index contributed by atoms with van der Waals surface area (Å²) >= 11 is 0. The van der Waals surface area contributed by atoms with Crippen molar-refractivity contribution in [2.24, 2.45) is 0 Å². The SMILES string of the molecule is Cc1cc(C(F)(F)F)n2nc(C3CCN(C(=O)C(C)c4ccccc4)CC3)cc2n1. The summed E-state index contributed by atoms with van der Waals surface area (Å²) in [4.78, 5) is 18.9. The lowest BCUT2D eigenvalue weighted by Gasteiger charge is -2.33. The van der Waals surface area contributed by atoms with Crippen molar-refractivity contribution in [3.05, 3.63) is 65.1 Å². The van der Waals surface area contributed by atoms with E-state index >= 15 is 0 Å². The standard InChI is InChI=1S/C22H23F3N4O/c1-14-12-19(22(23,24)25)29-20(26-14)13-18(27-29)17-8-10-28(11-9-17)21(30)15(2)16-6-4-3-5-7-16/h3-7,12-13,15,17H,8-11H2,1-2H3. The Kier molecular flexibility index (Phi) is 5.26. The molecule has 1 aliphatic heterocycles. The summed E-state index contributed by atoms with van der Waals surface area (Å²) in [6.45, 7) is 4.57. The molecule has 3 aromatic rings. The second-order valence-electron chi connectivity index (χ2n) is 7.85. The Labute approximate surface area is 172 Å². The van der Waals surface area contributed by atoms with Gasteiger partial charge in [0.05, 0.1) is 11.6 Å². The number of fused-ring (bicyclic) bond motifs is 1. The highest BCUT2D eigenvalue weighted by molar-refractivity contribution is 5.83. The summed E-state index contributed by atoms with van der Waals surface area (Å²) in [5, 5.41) is 4.23. The molecule has 0 N–H and O–H groups in total. The minimum Gasteiger partial charge on any atom is -0.342 e. The van der Waals surface area contributed by atoms with E-state index < -0.39 is 11.9 Å². The minimum absolute atomic E-state index is 0.00386. The summed E-state index contributed by atoms with van der Waals surface area (Å²) in [5.41, 5.74) is 1.26. The van der Waals surface area contributed by atoms with Crippen LogP contribution < -0.4 is 0 Å². The van der Waals surface area contributed by atoms with E-state index in [0.29, 0.717) is 37.3 Å². The largest absolute Gasteiger partial charge is 0.433 e. The Hall–Kier alpha value is -2.90. The second kappa shape index (κ2) is 7.74. The predicted molar refractivity (Wildman–Crippen MR) is 106 cm³/mol. The third-order valence-corrected chi connectivity index (χ3v) is 5.76. The van der Waals surface area contributed by atoms with Crippen LogP contribution in [0.25, 0.3) is 5.65 Å². The van der Waals surface area contributed by atoms with E-state index in [9.17, 15) is 18.0 Å². The molecule has 0 radical (unpaired) electrons. The van der Waals surface area contributed by atoms with E-state index in [2.05, 4.69) is 10.1 Å². The molecule has 2 aromatic heterocycles. The van der Waals surface area contributed by atoms with Crippen LogP contribution in [0.1, 0.15) is 54.2 Å². The Morgan fingerprint density at radius 3 is 2.43 bits per heavy atom. The highest BCUT2D eigenvalue weighted by atomic mass is 19.4. The first-order valence-corrected chi connectivity index (χ1v) is 10.0. The van der Waals surface area contributed by atoms with Crippen LogP contribution >= 0.6 is 0 Å². The summed E-state index contributed by atoms with van der Waals surface area (Å²) < 4.78 is 41.0. The molecule has 1 fully saturated rings. The quantitative estimate of drug-likeness (QED) is 0.629. The molecule has 3 heterocycles. The molecule has 158 valence electrons. The number of likely N-dealkylation sites (tertiary alicyclic amines) is 1. The zero-order valence-electron chi connectivity index (χ0n) is 16.9. The number of nitrogens with zero attached hydrogens (tertiary/aromatic N) is 4. The maximum Gasteiger partial charge on any atom is 0.433 e. The first-order chi connectivity index (χ1) is 14.2. The van der Waals surface area contributed by atoms with Gasteiger partial charge in [-0.25, -0.2) is 9.50 Å². The van der Waals surface area contributed by atoms with Gasteiger partial charge in [-0.1, -0.05) is 30.3 Å². The topological polar surface area (TPSA) is 50.5 Å². The molecule has 1 unspecified atom stereocenters. The summed E-state index contributed by atoms with van der Waals surface area (Å²) in [5.74, 6) is -0.144. The molecule has 5 nitrogen and oxygen atoms in total. The number of rotatable bonds is 3. The van der Waals surface area contributed by atoms with E-state index in [1.54, 1.807) is 13.0 Å². The zero-order chi connectivity index (χ0) is 21.5. The van der Waals surface area contributed by atoms with Crippen molar-refractivity contribution in [1.82, 2.24) is 19.5 Å². The van der Waals surface area contributed by atoms with Crippen molar-refractivity contribution in [2.45, 2.75) is 44.7 Å². The fraction of sp³-hybridized carbons (Fsp3) is 0.409. The highest BCUT2D eigenvalue weighted by Gasteiger charge is 2.35. The third-order valence-electron chi connectivity index (χ3n) is 5.76. The van der Waals surface area contributed by atoms with Crippen molar-refractivity contribution < 1.29 is 18.0 Å². The van der Waals surface area contributed by atoms with Gasteiger partial charge in [0.25, 0.3) is 0 Å². The molecule has 8 heteroatoms. The molecular formula is C22H23F3N4O. The van der Waals surface area contributed by atoms with Crippen molar-refractivity contribution in [3.8, 4) is 0 Å². The molecule has 1 amide bonds. The number of halogens is 3. The van der Waals surface area contributed by atoms with Crippen molar-refractivity contribution in [2.75, 3.05) is 13.1 Å². The van der Waals surface area contributed by atoms with Crippen LogP contribution in [0.3, 0.4) is 0 Å². The number of carbonyl (C=O) groups is 1. The third kappa shape index (κ3) is 3.91. The maximum absolute atomic E-state index is 13.4. The van der Waals surface area contributed by atoms with Crippen LogP contribution in [-0.2, 0) is 11.0 Å². The lowest BCUT2D eigenvalue weighted by Crippen LogP contribution is -2.40. The molecule has 30 heavy (non-hydrogen) atoms. The van der Waals surface area contributed by atoms with E-state index in [4.69, 9.17) is 0 Å². The summed E-state index contributed by atoms with van der Waals surface area (Å²) in [7, 11) is 0. The molecule has 1 aromatic carbocycles. The van der Waals surface area contributed by atoms with Gasteiger partial charge in [0, 0.05) is 30.8 Å². The van der Waals surface area contributed by atoms with Crippen LogP contribution in [0.15, 0.2) is 42.5 Å². The fourth-order valence-corrected chi connectivity index (χ4v) is 4.07. The monoisotopic (exact) mass is 416 g/mol. The highest BCUT2D eigenvalue weighted by Crippen LogP contribution is 2.33. The van der Waals surface area contributed by atoms with Gasteiger partial charge in [-0.05, 0) is 38.3 Å². The van der Waals surface area contributed by atoms with E-state index in [-0.39, 0.29) is 23.4 Å². The molecule has 0 spiro atoms. The smallest absolute Gasteiger partial charge is 0.342 e. The van der Waals surface area contributed by atoms with Gasteiger partial charge in [0.15, 0.2) is 5.65 Å². The average molecular weight is 416 g/mol. The van der Waals surface area contributed by atoms with Gasteiger partial charge in [0.1, 0.15) is 5.69 Å². The number of benzene rings is 1. The van der Waals surface area contributed by atoms with Crippen LogP contribution in [-0.4, -0.2) is 38.5 Å². The average Bonchev–Trinajstić information content (AvgIpc) is 3.16. The lowest BCUT2D eigenvalue weighted by atomic mass is 9.92. The van der Waals surface area contributed by atoms with Crippen LogP contribution in [0.4, 0.5) is 13.2 Å². The number of hydrogen-bond donors (Lipinski definition) is 0. The van der Waals surface area contributed by atoms with E-state index in [1.165, 1.54) is 0 Å². The van der Waals surface area contributed by atoms with E-state index in [1.807, 2.05) is 42.2 Å². The van der Waals surface area contributed by atoms with Crippen molar-refractivity contribution >= 4 is 11.6 Å². The van der Waals surface area contributed by atoms with Crippen LogP contribution in [0.2, 0.25) is 0 Å². The number of amides is 1. The van der Waals surface area contributed by atoms with Gasteiger partial charge in [-0.15, -0.1) is 0 Å².